The van der Waals surface area contributed by atoms with E-state index in [4.69, 9.17) is 4.74 Å². The number of ether oxygens (including phenoxy) is 1. The largest absolute Gasteiger partial charge is 0.496 e. The van der Waals surface area contributed by atoms with Gasteiger partial charge in [-0.25, -0.2) is 13.4 Å². The summed E-state index contributed by atoms with van der Waals surface area (Å²) >= 11 is 0. The molecule has 1 N–H and O–H groups in total. The Morgan fingerprint density at radius 1 is 1.09 bits per heavy atom. The molecule has 3 heterocycles. The molecule has 0 bridgehead atoms. The lowest BCUT2D eigenvalue weighted by atomic mass is 9.74. The molecule has 2 aliphatic heterocycles. The zero-order valence-corrected chi connectivity index (χ0v) is 20.9. The van der Waals surface area contributed by atoms with E-state index < -0.39 is 10.0 Å². The van der Waals surface area contributed by atoms with Crippen LogP contribution in [0, 0.1) is 0 Å². The number of sulfonamides is 1. The first-order valence-corrected chi connectivity index (χ1v) is 13.5. The van der Waals surface area contributed by atoms with Gasteiger partial charge < -0.3 is 14.4 Å². The van der Waals surface area contributed by atoms with Crippen LogP contribution in [-0.2, 0) is 17.1 Å². The molecule has 2 aliphatic rings. The van der Waals surface area contributed by atoms with Crippen LogP contribution in [0.1, 0.15) is 24.3 Å². The fourth-order valence-electron chi connectivity index (χ4n) is 5.55. The number of aryl methyl sites for hydroxylation is 1. The quantitative estimate of drug-likeness (QED) is 0.565. The topological polar surface area (TPSA) is 87.9 Å². The maximum atomic E-state index is 13.4. The van der Waals surface area contributed by atoms with Crippen molar-refractivity contribution in [3.63, 3.8) is 0 Å². The van der Waals surface area contributed by atoms with Crippen LogP contribution in [0.4, 0.5) is 0 Å². The van der Waals surface area contributed by atoms with E-state index in [-0.39, 0.29) is 29.6 Å². The van der Waals surface area contributed by atoms with Gasteiger partial charge in [-0.1, -0.05) is 42.5 Å². The lowest BCUT2D eigenvalue weighted by Gasteiger charge is -2.57. The molecule has 0 saturated carbocycles. The number of aliphatic hydroxyl groups is 1. The van der Waals surface area contributed by atoms with E-state index >= 15 is 0 Å². The number of aliphatic hydroxyl groups excluding tert-OH is 1. The zero-order valence-electron chi connectivity index (χ0n) is 20.1. The SMILES string of the molecule is COc1ccccc1-c1ccc([C@H]2[C@H](CO)N3CCCCN(S(=O)(=O)c4cn(C)cn4)C[C@@H]23)cc1. The second-order valence-electron chi connectivity index (χ2n) is 9.35. The second kappa shape index (κ2) is 9.73. The zero-order chi connectivity index (χ0) is 24.6. The highest BCUT2D eigenvalue weighted by atomic mass is 32.2. The summed E-state index contributed by atoms with van der Waals surface area (Å²) in [6.07, 6.45) is 4.74. The van der Waals surface area contributed by atoms with Crippen LogP contribution in [0.15, 0.2) is 66.1 Å². The fraction of sp³-hybridized carbons (Fsp3) is 0.423. The van der Waals surface area contributed by atoms with Crippen molar-refractivity contribution in [1.82, 2.24) is 18.8 Å². The van der Waals surface area contributed by atoms with Crippen molar-refractivity contribution in [1.29, 1.82) is 0 Å². The number of hydrogen-bond acceptors (Lipinski definition) is 6. The number of nitrogens with zero attached hydrogens (tertiary/aromatic N) is 4. The summed E-state index contributed by atoms with van der Waals surface area (Å²) in [5, 5.41) is 10.3. The van der Waals surface area contributed by atoms with Gasteiger partial charge in [-0.2, -0.15) is 4.31 Å². The van der Waals surface area contributed by atoms with Crippen LogP contribution >= 0.6 is 0 Å². The molecular weight excluding hydrogens is 464 g/mol. The predicted molar refractivity (Wildman–Crippen MR) is 134 cm³/mol. The molecule has 1 aromatic heterocycles. The van der Waals surface area contributed by atoms with Crippen LogP contribution in [-0.4, -0.2) is 77.7 Å². The molecule has 9 heteroatoms. The Morgan fingerprint density at radius 3 is 2.51 bits per heavy atom. The minimum absolute atomic E-state index is 0.00282. The number of methoxy groups -OCH3 is 1. The highest BCUT2D eigenvalue weighted by Gasteiger charge is 2.50. The third kappa shape index (κ3) is 4.38. The summed E-state index contributed by atoms with van der Waals surface area (Å²) < 4.78 is 35.5. The first kappa shape index (κ1) is 24.0. The van der Waals surface area contributed by atoms with Gasteiger partial charge in [0, 0.05) is 49.9 Å². The van der Waals surface area contributed by atoms with E-state index in [9.17, 15) is 13.5 Å². The van der Waals surface area contributed by atoms with E-state index in [1.165, 1.54) is 6.33 Å². The maximum absolute atomic E-state index is 13.4. The molecule has 5 rings (SSSR count). The molecule has 0 radical (unpaired) electrons. The number of imidazole rings is 1. The van der Waals surface area contributed by atoms with E-state index in [0.29, 0.717) is 13.1 Å². The Bertz CT molecular complexity index is 1270. The van der Waals surface area contributed by atoms with Gasteiger partial charge in [0.2, 0.25) is 0 Å². The van der Waals surface area contributed by atoms with Gasteiger partial charge >= 0.3 is 0 Å². The summed E-state index contributed by atoms with van der Waals surface area (Å²) in [5.74, 6) is 0.866. The van der Waals surface area contributed by atoms with E-state index in [2.05, 4.69) is 34.1 Å². The number of hydrogen-bond donors (Lipinski definition) is 1. The summed E-state index contributed by atoms with van der Waals surface area (Å²) in [5.41, 5.74) is 3.19. The minimum Gasteiger partial charge on any atom is -0.496 e. The van der Waals surface area contributed by atoms with E-state index in [0.717, 1.165) is 41.8 Å². The molecule has 2 aromatic carbocycles. The molecule has 0 unspecified atom stereocenters. The summed E-state index contributed by atoms with van der Waals surface area (Å²) in [7, 11) is -0.250. The normalized spacial score (nSPS) is 23.7. The van der Waals surface area contributed by atoms with Gasteiger partial charge in [0.1, 0.15) is 5.75 Å². The van der Waals surface area contributed by atoms with Gasteiger partial charge in [-0.15, -0.1) is 0 Å². The van der Waals surface area contributed by atoms with Crippen LogP contribution in [0.5, 0.6) is 5.75 Å². The number of fused-ring (bicyclic) bond motifs is 1. The molecule has 0 spiro atoms. The van der Waals surface area contributed by atoms with Gasteiger partial charge in [0.05, 0.1) is 20.0 Å². The van der Waals surface area contributed by atoms with E-state index in [1.807, 2.05) is 24.3 Å². The maximum Gasteiger partial charge on any atom is 0.262 e. The van der Waals surface area contributed by atoms with Gasteiger partial charge in [0.25, 0.3) is 10.0 Å². The molecule has 2 fully saturated rings. The van der Waals surface area contributed by atoms with Gasteiger partial charge in [-0.05, 0) is 36.6 Å². The van der Waals surface area contributed by atoms with Crippen molar-refractivity contribution in [3.8, 4) is 16.9 Å². The third-order valence-corrected chi connectivity index (χ3v) is 9.08. The summed E-state index contributed by atoms with van der Waals surface area (Å²) in [6, 6.07) is 16.3. The van der Waals surface area contributed by atoms with Crippen molar-refractivity contribution in [3.05, 3.63) is 66.6 Å². The molecule has 2 saturated heterocycles. The van der Waals surface area contributed by atoms with Crippen LogP contribution < -0.4 is 4.74 Å². The van der Waals surface area contributed by atoms with Crippen molar-refractivity contribution < 1.29 is 18.3 Å². The minimum atomic E-state index is -3.69. The first-order chi connectivity index (χ1) is 16.9. The average molecular weight is 497 g/mol. The lowest BCUT2D eigenvalue weighted by molar-refractivity contribution is -0.0554. The summed E-state index contributed by atoms with van der Waals surface area (Å²) in [4.78, 5) is 6.39. The Morgan fingerprint density at radius 2 is 1.83 bits per heavy atom. The smallest absolute Gasteiger partial charge is 0.262 e. The second-order valence-corrected chi connectivity index (χ2v) is 11.2. The van der Waals surface area contributed by atoms with Crippen molar-refractivity contribution in [2.45, 2.75) is 35.9 Å². The predicted octanol–water partition coefficient (Wildman–Crippen LogP) is 2.71. The number of aromatic nitrogens is 2. The first-order valence-electron chi connectivity index (χ1n) is 12.0. The van der Waals surface area contributed by atoms with Gasteiger partial charge in [0.15, 0.2) is 5.03 Å². The number of para-hydroxylation sites is 1. The van der Waals surface area contributed by atoms with Crippen molar-refractivity contribution in [2.75, 3.05) is 33.4 Å². The molecule has 3 atom stereocenters. The fourth-order valence-corrected chi connectivity index (χ4v) is 7.01. The molecule has 3 aromatic rings. The third-order valence-electron chi connectivity index (χ3n) is 7.33. The van der Waals surface area contributed by atoms with Crippen LogP contribution in [0.3, 0.4) is 0 Å². The highest BCUT2D eigenvalue weighted by Crippen LogP contribution is 2.43. The highest BCUT2D eigenvalue weighted by molar-refractivity contribution is 7.89. The number of benzene rings is 2. The lowest BCUT2D eigenvalue weighted by Crippen LogP contribution is -2.67. The molecule has 35 heavy (non-hydrogen) atoms. The Labute approximate surface area is 206 Å². The Balaban J connectivity index is 1.43. The van der Waals surface area contributed by atoms with Crippen molar-refractivity contribution in [2.24, 2.45) is 7.05 Å². The van der Waals surface area contributed by atoms with E-state index in [1.54, 1.807) is 29.2 Å². The Hall–Kier alpha value is -2.72. The van der Waals surface area contributed by atoms with Crippen LogP contribution in [0.25, 0.3) is 11.1 Å². The van der Waals surface area contributed by atoms with Crippen molar-refractivity contribution >= 4 is 10.0 Å². The molecule has 0 aliphatic carbocycles. The molecular formula is C26H32N4O4S. The average Bonchev–Trinajstić information content (AvgIpc) is 3.30. The van der Waals surface area contributed by atoms with Crippen LogP contribution in [0.2, 0.25) is 0 Å². The van der Waals surface area contributed by atoms with Gasteiger partial charge in [-0.3, -0.25) is 4.90 Å². The standard InChI is InChI=1S/C26H32N4O4S/c1-28-16-25(27-18-28)35(32,33)29-13-5-6-14-30-22(15-29)26(23(30)17-31)20-11-9-19(10-12-20)21-7-3-4-8-24(21)34-2/h3-4,7-12,16,18,22-23,26,31H,5-6,13-15,17H2,1-2H3/t22-,23-,26+/m0/s1. The molecule has 8 nitrogen and oxygen atoms in total. The molecule has 0 amide bonds. The Kier molecular flexibility index (Phi) is 6.67. The number of rotatable bonds is 6. The monoisotopic (exact) mass is 496 g/mol. The summed E-state index contributed by atoms with van der Waals surface area (Å²) in [6.45, 7) is 1.77. The molecule has 186 valence electrons.